The van der Waals surface area contributed by atoms with E-state index in [0.717, 1.165) is 26.8 Å². The molecule has 0 bridgehead atoms. The molecule has 1 N–H and O–H groups in total. The highest BCUT2D eigenvalue weighted by Gasteiger charge is 2.36. The van der Waals surface area contributed by atoms with E-state index in [-0.39, 0.29) is 12.0 Å². The van der Waals surface area contributed by atoms with Crippen molar-refractivity contribution in [3.05, 3.63) is 47.0 Å². The first-order valence-electron chi connectivity index (χ1n) is 7.30. The van der Waals surface area contributed by atoms with Gasteiger partial charge >= 0.3 is 5.97 Å². The number of aliphatic carboxylic acids is 1. The Kier molecular flexibility index (Phi) is 3.25. The quantitative estimate of drug-likeness (QED) is 0.868. The van der Waals surface area contributed by atoms with Gasteiger partial charge in [-0.1, -0.05) is 24.3 Å². The first-order valence-corrected chi connectivity index (χ1v) is 8.29. The number of amides is 1. The van der Waals surface area contributed by atoms with Gasteiger partial charge in [-0.25, -0.2) is 4.99 Å². The number of nitrogens with zero attached hydrogens (tertiary/aromatic N) is 2. The minimum Gasteiger partial charge on any atom is -0.481 e. The van der Waals surface area contributed by atoms with Gasteiger partial charge < -0.3 is 5.11 Å². The van der Waals surface area contributed by atoms with Gasteiger partial charge in [0.05, 0.1) is 12.1 Å². The maximum absolute atomic E-state index is 11.9. The maximum atomic E-state index is 11.9. The lowest BCUT2D eigenvalue weighted by Gasteiger charge is -2.08. The fourth-order valence-corrected chi connectivity index (χ4v) is 4.15. The average Bonchev–Trinajstić information content (AvgIpc) is 3.04. The second kappa shape index (κ2) is 5.32. The predicted octanol–water partition coefficient (Wildman–Crippen LogP) is 3.03. The summed E-state index contributed by atoms with van der Waals surface area (Å²) in [6.07, 6.45) is 0.0958. The van der Waals surface area contributed by atoms with Crippen LogP contribution in [0.3, 0.4) is 0 Å². The van der Waals surface area contributed by atoms with Crippen LogP contribution in [0.1, 0.15) is 17.5 Å². The van der Waals surface area contributed by atoms with Crippen LogP contribution in [0.5, 0.6) is 0 Å². The van der Waals surface area contributed by atoms with Crippen molar-refractivity contribution in [3.63, 3.8) is 0 Å². The Bertz CT molecular complexity index is 1040. The molecule has 1 amide bonds. The van der Waals surface area contributed by atoms with Crippen molar-refractivity contribution >= 4 is 45.7 Å². The molecule has 0 unspecified atom stereocenters. The minimum atomic E-state index is -0.820. The molecule has 0 fully saturated rings. The van der Waals surface area contributed by atoms with Crippen molar-refractivity contribution in [1.29, 1.82) is 5.26 Å². The van der Waals surface area contributed by atoms with Gasteiger partial charge in [-0.3, -0.25) is 9.59 Å². The van der Waals surface area contributed by atoms with Gasteiger partial charge in [-0.2, -0.15) is 5.26 Å². The number of allylic oxidation sites excluding steroid dienone is 1. The van der Waals surface area contributed by atoms with Crippen molar-refractivity contribution in [1.82, 2.24) is 0 Å². The standard InChI is InChI=1S/C18H10N2O3S/c19-8-12-16-10-4-5-13(24-7-6-14(21)22)9-2-1-3-11(15(9)10)17(16)20-18(12)23/h1-5H,6-7H2,(H,21,22). The molecule has 116 valence electrons. The Morgan fingerprint density at radius 1 is 1.25 bits per heavy atom. The number of aliphatic imine (C=N–C) groups is 1. The zero-order valence-electron chi connectivity index (χ0n) is 12.4. The Morgan fingerprint density at radius 3 is 2.83 bits per heavy atom. The summed E-state index contributed by atoms with van der Waals surface area (Å²) in [5.41, 5.74) is 3.00. The smallest absolute Gasteiger partial charge is 0.304 e. The molecule has 4 rings (SSSR count). The van der Waals surface area contributed by atoms with Crippen LogP contribution >= 0.6 is 11.8 Å². The van der Waals surface area contributed by atoms with Crippen LogP contribution in [0.15, 0.2) is 45.8 Å². The van der Waals surface area contributed by atoms with Crippen LogP contribution in [-0.2, 0) is 9.59 Å². The van der Waals surface area contributed by atoms with Crippen molar-refractivity contribution in [2.75, 3.05) is 5.75 Å². The molecule has 0 spiro atoms. The molecule has 6 heteroatoms. The lowest BCUT2D eigenvalue weighted by atomic mass is 10.0. The lowest BCUT2D eigenvalue weighted by molar-refractivity contribution is -0.136. The third kappa shape index (κ3) is 1.99. The molecule has 24 heavy (non-hydrogen) atoms. The number of carbonyl (C=O) groups is 2. The van der Waals surface area contributed by atoms with Crippen molar-refractivity contribution in [3.8, 4) is 6.07 Å². The molecule has 0 atom stereocenters. The van der Waals surface area contributed by atoms with E-state index in [1.807, 2.05) is 36.4 Å². The van der Waals surface area contributed by atoms with Gasteiger partial charge in [0, 0.05) is 27.2 Å². The predicted molar refractivity (Wildman–Crippen MR) is 91.0 cm³/mol. The van der Waals surface area contributed by atoms with Crippen LogP contribution in [0.2, 0.25) is 0 Å². The minimum absolute atomic E-state index is 0.0915. The Morgan fingerprint density at radius 2 is 2.08 bits per heavy atom. The van der Waals surface area contributed by atoms with E-state index in [9.17, 15) is 14.9 Å². The number of carboxylic acids is 1. The average molecular weight is 334 g/mol. The molecule has 0 saturated carbocycles. The van der Waals surface area contributed by atoms with E-state index in [0.29, 0.717) is 17.0 Å². The fourth-order valence-electron chi connectivity index (χ4n) is 3.16. The third-order valence-electron chi connectivity index (χ3n) is 4.12. The summed E-state index contributed by atoms with van der Waals surface area (Å²) in [7, 11) is 0. The van der Waals surface area contributed by atoms with Gasteiger partial charge in [0.15, 0.2) is 0 Å². The van der Waals surface area contributed by atoms with E-state index >= 15 is 0 Å². The largest absolute Gasteiger partial charge is 0.481 e. The number of nitriles is 1. The zero-order chi connectivity index (χ0) is 16.8. The van der Waals surface area contributed by atoms with Crippen LogP contribution in [0.25, 0.3) is 16.3 Å². The molecular weight excluding hydrogens is 324 g/mol. The van der Waals surface area contributed by atoms with E-state index in [1.165, 1.54) is 11.8 Å². The van der Waals surface area contributed by atoms with Crippen molar-refractivity contribution in [2.45, 2.75) is 11.3 Å². The van der Waals surface area contributed by atoms with Gasteiger partial charge in [0.1, 0.15) is 11.6 Å². The van der Waals surface area contributed by atoms with Gasteiger partial charge in [0.2, 0.25) is 0 Å². The molecule has 1 aliphatic carbocycles. The lowest BCUT2D eigenvalue weighted by Crippen LogP contribution is -1.96. The highest BCUT2D eigenvalue weighted by molar-refractivity contribution is 7.99. The van der Waals surface area contributed by atoms with Crippen molar-refractivity contribution < 1.29 is 14.7 Å². The van der Waals surface area contributed by atoms with Gasteiger partial charge in [-0.05, 0) is 17.0 Å². The third-order valence-corrected chi connectivity index (χ3v) is 5.20. The summed E-state index contributed by atoms with van der Waals surface area (Å²) in [4.78, 5) is 27.6. The molecule has 2 aromatic carbocycles. The summed E-state index contributed by atoms with van der Waals surface area (Å²) >= 11 is 1.49. The summed E-state index contributed by atoms with van der Waals surface area (Å²) in [5, 5.41) is 20.0. The van der Waals surface area contributed by atoms with Crippen LogP contribution < -0.4 is 0 Å². The Balaban J connectivity index is 1.89. The number of hydrogen-bond acceptors (Lipinski definition) is 4. The number of benzene rings is 2. The second-order valence-corrected chi connectivity index (χ2v) is 6.60. The molecule has 0 radical (unpaired) electrons. The molecule has 5 nitrogen and oxygen atoms in total. The number of thioether (sulfide) groups is 1. The summed E-state index contributed by atoms with van der Waals surface area (Å²) in [6.45, 7) is 0. The zero-order valence-corrected chi connectivity index (χ0v) is 13.2. The Hall–Kier alpha value is -2.91. The molecule has 1 heterocycles. The molecule has 2 aliphatic rings. The highest BCUT2D eigenvalue weighted by Crippen LogP contribution is 2.45. The molecule has 0 saturated heterocycles. The van der Waals surface area contributed by atoms with Crippen molar-refractivity contribution in [2.24, 2.45) is 4.99 Å². The second-order valence-electron chi connectivity index (χ2n) is 5.46. The first-order chi connectivity index (χ1) is 11.6. The number of hydrogen-bond donors (Lipinski definition) is 1. The molecule has 2 aromatic rings. The summed E-state index contributed by atoms with van der Waals surface area (Å²) in [5.74, 6) is -0.815. The number of carbonyl (C=O) groups excluding carboxylic acids is 1. The van der Waals surface area contributed by atoms with Crippen LogP contribution in [-0.4, -0.2) is 28.4 Å². The molecule has 0 aromatic heterocycles. The van der Waals surface area contributed by atoms with E-state index in [2.05, 4.69) is 4.99 Å². The number of carboxylic acid groups (broad SMARTS) is 1. The summed E-state index contributed by atoms with van der Waals surface area (Å²) in [6, 6.07) is 11.5. The van der Waals surface area contributed by atoms with Crippen LogP contribution in [0, 0.1) is 11.3 Å². The molecule has 1 aliphatic heterocycles. The van der Waals surface area contributed by atoms with E-state index < -0.39 is 11.9 Å². The number of fused-ring (bicyclic) bond motifs is 3. The topological polar surface area (TPSA) is 90.5 Å². The fraction of sp³-hybridized carbons (Fsp3) is 0.111. The van der Waals surface area contributed by atoms with Gasteiger partial charge in [-0.15, -0.1) is 11.8 Å². The number of rotatable bonds is 4. The molecular formula is C18H10N2O3S. The SMILES string of the molecule is N#CC1=C2C(=NC1=O)c1cccc3c(SCCC(=O)O)ccc2c13. The first kappa shape index (κ1) is 14.7. The maximum Gasteiger partial charge on any atom is 0.304 e. The monoisotopic (exact) mass is 334 g/mol. The highest BCUT2D eigenvalue weighted by atomic mass is 32.2. The summed E-state index contributed by atoms with van der Waals surface area (Å²) < 4.78 is 0. The van der Waals surface area contributed by atoms with E-state index in [4.69, 9.17) is 5.11 Å². The Labute approximate surface area is 141 Å². The van der Waals surface area contributed by atoms with Crippen LogP contribution in [0.4, 0.5) is 0 Å². The van der Waals surface area contributed by atoms with E-state index in [1.54, 1.807) is 0 Å². The van der Waals surface area contributed by atoms with Gasteiger partial charge in [0.25, 0.3) is 5.91 Å². The normalized spacial score (nSPS) is 14.8.